The number of carbonyl (C=O) groups excluding carboxylic acids is 2. The van der Waals surface area contributed by atoms with E-state index in [1.165, 1.54) is 6.92 Å². The van der Waals surface area contributed by atoms with E-state index in [4.69, 9.17) is 4.74 Å². The second-order valence-corrected chi connectivity index (χ2v) is 3.03. The summed E-state index contributed by atoms with van der Waals surface area (Å²) in [5.41, 5.74) is 0. The normalized spacial score (nSPS) is 12.8. The van der Waals surface area contributed by atoms with Crippen molar-refractivity contribution < 1.29 is 14.3 Å². The fourth-order valence-corrected chi connectivity index (χ4v) is 1.07. The van der Waals surface area contributed by atoms with E-state index >= 15 is 0 Å². The summed E-state index contributed by atoms with van der Waals surface area (Å²) in [4.78, 5) is 22.4. The summed E-state index contributed by atoms with van der Waals surface area (Å²) in [5.74, 6) is -1.18. The van der Waals surface area contributed by atoms with Crippen LogP contribution in [-0.2, 0) is 14.3 Å². The Bertz CT molecular complexity index is 219. The van der Waals surface area contributed by atoms with E-state index in [-0.39, 0.29) is 5.78 Å². The maximum absolute atomic E-state index is 11.3. The van der Waals surface area contributed by atoms with Crippen LogP contribution in [0.4, 0.5) is 0 Å². The van der Waals surface area contributed by atoms with Crippen LogP contribution in [0.5, 0.6) is 0 Å². The van der Waals surface area contributed by atoms with Gasteiger partial charge in [-0.25, -0.2) is 0 Å². The summed E-state index contributed by atoms with van der Waals surface area (Å²) < 4.78 is 4.80. The highest BCUT2D eigenvalue weighted by Crippen LogP contribution is 2.08. The fourth-order valence-electron chi connectivity index (χ4n) is 1.07. The average Bonchev–Trinajstić information content (AvgIpc) is 2.12. The Morgan fingerprint density at radius 1 is 1.29 bits per heavy atom. The molecule has 3 nitrogen and oxygen atoms in total. The van der Waals surface area contributed by atoms with E-state index in [1.54, 1.807) is 6.92 Å². The van der Waals surface area contributed by atoms with Gasteiger partial charge in [-0.15, -0.1) is 0 Å². The van der Waals surface area contributed by atoms with Crippen LogP contribution in [0.25, 0.3) is 0 Å². The standard InChI is InChI=1S/C11H18O3/c1-4-6-7-8-10(9(3)12)11(13)14-5-2/h6-7,10H,4-5,8H2,1-3H3/b7-6+. The van der Waals surface area contributed by atoms with E-state index in [9.17, 15) is 9.59 Å². The minimum absolute atomic E-state index is 0.135. The number of Topliss-reactive ketones (excluding diaryl/α,β-unsaturated/α-hetero) is 1. The van der Waals surface area contributed by atoms with Crippen molar-refractivity contribution >= 4 is 11.8 Å². The number of hydrogen-bond donors (Lipinski definition) is 0. The van der Waals surface area contributed by atoms with Gasteiger partial charge >= 0.3 is 5.97 Å². The van der Waals surface area contributed by atoms with Crippen molar-refractivity contribution in [1.82, 2.24) is 0 Å². The van der Waals surface area contributed by atoms with Crippen LogP contribution >= 0.6 is 0 Å². The second kappa shape index (κ2) is 7.30. The monoisotopic (exact) mass is 198 g/mol. The molecule has 80 valence electrons. The summed E-state index contributed by atoms with van der Waals surface area (Å²) >= 11 is 0. The number of rotatable bonds is 6. The zero-order valence-electron chi connectivity index (χ0n) is 9.08. The van der Waals surface area contributed by atoms with Crippen molar-refractivity contribution in [3.63, 3.8) is 0 Å². The number of ketones is 1. The molecule has 0 saturated carbocycles. The average molecular weight is 198 g/mol. The van der Waals surface area contributed by atoms with Crippen molar-refractivity contribution in [3.8, 4) is 0 Å². The molecule has 0 aliphatic rings. The minimum atomic E-state index is -0.627. The fraction of sp³-hybridized carbons (Fsp3) is 0.636. The van der Waals surface area contributed by atoms with E-state index in [0.717, 1.165) is 6.42 Å². The first kappa shape index (κ1) is 12.9. The molecule has 0 rings (SSSR count). The third-order valence-electron chi connectivity index (χ3n) is 1.84. The topological polar surface area (TPSA) is 43.4 Å². The first-order valence-electron chi connectivity index (χ1n) is 4.95. The lowest BCUT2D eigenvalue weighted by molar-refractivity contribution is -0.150. The summed E-state index contributed by atoms with van der Waals surface area (Å²) in [7, 11) is 0. The van der Waals surface area contributed by atoms with Crippen LogP contribution in [0.1, 0.15) is 33.6 Å². The number of carbonyl (C=O) groups is 2. The van der Waals surface area contributed by atoms with Crippen molar-refractivity contribution in [3.05, 3.63) is 12.2 Å². The van der Waals surface area contributed by atoms with Gasteiger partial charge in [-0.05, 0) is 26.7 Å². The summed E-state index contributed by atoms with van der Waals surface area (Å²) in [6, 6.07) is 0. The van der Waals surface area contributed by atoms with Gasteiger partial charge in [0, 0.05) is 0 Å². The highest BCUT2D eigenvalue weighted by Gasteiger charge is 2.22. The van der Waals surface area contributed by atoms with Crippen molar-refractivity contribution in [1.29, 1.82) is 0 Å². The molecular formula is C11H18O3. The second-order valence-electron chi connectivity index (χ2n) is 3.03. The molecule has 0 bridgehead atoms. The van der Waals surface area contributed by atoms with Crippen molar-refractivity contribution in [2.75, 3.05) is 6.61 Å². The molecule has 1 atom stereocenters. The molecule has 0 aromatic rings. The third-order valence-corrected chi connectivity index (χ3v) is 1.84. The summed E-state index contributed by atoms with van der Waals surface area (Å²) in [6.07, 6.45) is 5.15. The van der Waals surface area contributed by atoms with Crippen LogP contribution in [0.2, 0.25) is 0 Å². The zero-order chi connectivity index (χ0) is 11.0. The molecule has 0 radical (unpaired) electrons. The molecule has 0 heterocycles. The molecule has 3 heteroatoms. The lowest BCUT2D eigenvalue weighted by Gasteiger charge is -2.09. The summed E-state index contributed by atoms with van der Waals surface area (Å²) in [5, 5.41) is 0. The lowest BCUT2D eigenvalue weighted by Crippen LogP contribution is -2.23. The predicted molar refractivity (Wildman–Crippen MR) is 54.9 cm³/mol. The van der Waals surface area contributed by atoms with Crippen molar-refractivity contribution in [2.24, 2.45) is 5.92 Å². The van der Waals surface area contributed by atoms with Gasteiger partial charge in [0.05, 0.1) is 6.61 Å². The smallest absolute Gasteiger partial charge is 0.316 e. The molecular weight excluding hydrogens is 180 g/mol. The maximum atomic E-state index is 11.3. The van der Waals surface area contributed by atoms with Gasteiger partial charge in [-0.2, -0.15) is 0 Å². The first-order valence-corrected chi connectivity index (χ1v) is 4.95. The van der Waals surface area contributed by atoms with E-state index < -0.39 is 11.9 Å². The van der Waals surface area contributed by atoms with Gasteiger partial charge in [-0.3, -0.25) is 9.59 Å². The Balaban J connectivity index is 4.22. The molecule has 0 aliphatic carbocycles. The Hall–Kier alpha value is -1.12. The molecule has 0 aliphatic heterocycles. The van der Waals surface area contributed by atoms with Gasteiger partial charge in [0.15, 0.2) is 0 Å². The minimum Gasteiger partial charge on any atom is -0.465 e. The van der Waals surface area contributed by atoms with Gasteiger partial charge in [0.1, 0.15) is 11.7 Å². The highest BCUT2D eigenvalue weighted by atomic mass is 16.5. The SMILES string of the molecule is CC/C=C/CC(C(C)=O)C(=O)OCC. The lowest BCUT2D eigenvalue weighted by atomic mass is 10.0. The summed E-state index contributed by atoms with van der Waals surface area (Å²) in [6.45, 7) is 5.47. The number of hydrogen-bond acceptors (Lipinski definition) is 3. The predicted octanol–water partition coefficient (Wildman–Crippen LogP) is 2.11. The molecule has 0 fully saturated rings. The van der Waals surface area contributed by atoms with Crippen LogP contribution < -0.4 is 0 Å². The van der Waals surface area contributed by atoms with Crippen LogP contribution in [0.15, 0.2) is 12.2 Å². The van der Waals surface area contributed by atoms with Crippen LogP contribution in [0.3, 0.4) is 0 Å². The maximum Gasteiger partial charge on any atom is 0.316 e. The van der Waals surface area contributed by atoms with Crippen molar-refractivity contribution in [2.45, 2.75) is 33.6 Å². The van der Waals surface area contributed by atoms with Gasteiger partial charge < -0.3 is 4.74 Å². The van der Waals surface area contributed by atoms with Crippen LogP contribution in [-0.4, -0.2) is 18.4 Å². The molecule has 0 spiro atoms. The quantitative estimate of drug-likeness (QED) is 0.373. The zero-order valence-corrected chi connectivity index (χ0v) is 9.08. The third kappa shape index (κ3) is 4.80. The van der Waals surface area contributed by atoms with Gasteiger partial charge in [0.2, 0.25) is 0 Å². The Labute approximate surface area is 85.1 Å². The van der Waals surface area contributed by atoms with E-state index in [0.29, 0.717) is 13.0 Å². The molecule has 1 unspecified atom stereocenters. The Morgan fingerprint density at radius 3 is 2.36 bits per heavy atom. The molecule has 0 amide bonds. The van der Waals surface area contributed by atoms with E-state index in [1.807, 2.05) is 19.1 Å². The first-order chi connectivity index (χ1) is 6.63. The molecule has 0 N–H and O–H groups in total. The van der Waals surface area contributed by atoms with Crippen LogP contribution in [0, 0.1) is 5.92 Å². The Morgan fingerprint density at radius 2 is 1.93 bits per heavy atom. The largest absolute Gasteiger partial charge is 0.465 e. The molecule has 14 heavy (non-hydrogen) atoms. The molecule has 0 aromatic heterocycles. The Kier molecular flexibility index (Phi) is 6.72. The van der Waals surface area contributed by atoms with Gasteiger partial charge in [0.25, 0.3) is 0 Å². The van der Waals surface area contributed by atoms with Gasteiger partial charge in [-0.1, -0.05) is 19.1 Å². The highest BCUT2D eigenvalue weighted by molar-refractivity contribution is 5.97. The number of esters is 1. The number of ether oxygens (including phenoxy) is 1. The molecule has 0 aromatic carbocycles. The van der Waals surface area contributed by atoms with E-state index in [2.05, 4.69) is 0 Å². The number of allylic oxidation sites excluding steroid dienone is 2. The molecule has 0 saturated heterocycles.